The van der Waals surface area contributed by atoms with E-state index in [1.807, 2.05) is 0 Å². The second-order valence-electron chi connectivity index (χ2n) is 2.66. The summed E-state index contributed by atoms with van der Waals surface area (Å²) in [5, 5.41) is 3.32. The van der Waals surface area contributed by atoms with E-state index < -0.39 is 6.68 Å². The molecule has 0 bridgehead atoms. The van der Waals surface area contributed by atoms with Gasteiger partial charge in [0.1, 0.15) is 0 Å². The Hall–Kier alpha value is -0.250. The molecular formula is C6H10F3N. The molecule has 2 aliphatic rings. The third-order valence-electron chi connectivity index (χ3n) is 1.88. The molecule has 1 aliphatic heterocycles. The van der Waals surface area contributed by atoms with Crippen LogP contribution in [0.1, 0.15) is 6.42 Å². The number of halogens is 3. The number of rotatable bonds is 0. The summed E-state index contributed by atoms with van der Waals surface area (Å²) >= 11 is 0. The van der Waals surface area contributed by atoms with Gasteiger partial charge < -0.3 is 5.32 Å². The zero-order valence-electron chi connectivity index (χ0n) is 5.49. The van der Waals surface area contributed by atoms with Crippen LogP contribution >= 0.6 is 0 Å². The molecule has 1 saturated carbocycles. The third-order valence-corrected chi connectivity index (χ3v) is 1.88. The van der Waals surface area contributed by atoms with Crippen LogP contribution in [-0.2, 0) is 0 Å². The topological polar surface area (TPSA) is 12.0 Å². The van der Waals surface area contributed by atoms with E-state index in [0.29, 0.717) is 0 Å². The van der Waals surface area contributed by atoms with Gasteiger partial charge in [0.25, 0.3) is 0 Å². The molecule has 0 amide bonds. The van der Waals surface area contributed by atoms with Crippen LogP contribution < -0.4 is 5.32 Å². The number of hydrogen-bond donors (Lipinski definition) is 1. The van der Waals surface area contributed by atoms with Gasteiger partial charge in [0, 0.05) is 0 Å². The van der Waals surface area contributed by atoms with Crippen molar-refractivity contribution in [3.05, 3.63) is 0 Å². The maximum atomic E-state index is 9.67. The molecule has 0 aromatic heterocycles. The van der Waals surface area contributed by atoms with E-state index in [0.717, 1.165) is 11.8 Å². The molecule has 2 rings (SSSR count). The lowest BCUT2D eigenvalue weighted by Gasteiger charge is -1.87. The highest BCUT2D eigenvalue weighted by Crippen LogP contribution is 2.40. The van der Waals surface area contributed by atoms with E-state index in [-0.39, 0.29) is 0 Å². The Labute approximate surface area is 57.6 Å². The summed E-state index contributed by atoms with van der Waals surface area (Å²) in [6, 6.07) is 0. The number of piperidine rings is 1. The largest absolute Gasteiger partial charge is 0.379 e. The second-order valence-corrected chi connectivity index (χ2v) is 2.66. The van der Waals surface area contributed by atoms with E-state index in [1.54, 1.807) is 0 Å². The van der Waals surface area contributed by atoms with Gasteiger partial charge in [0.2, 0.25) is 0 Å². The van der Waals surface area contributed by atoms with Crippen LogP contribution in [0.3, 0.4) is 0 Å². The Bertz CT molecular complexity index is 96.4. The summed E-state index contributed by atoms with van der Waals surface area (Å²) < 4.78 is 29.0. The fourth-order valence-electron chi connectivity index (χ4n) is 1.26. The van der Waals surface area contributed by atoms with Crippen LogP contribution in [-0.4, -0.2) is 19.8 Å². The van der Waals surface area contributed by atoms with E-state index in [9.17, 15) is 13.2 Å². The molecule has 4 heteroatoms. The fourth-order valence-corrected chi connectivity index (χ4v) is 1.26. The molecule has 0 aromatic rings. The zero-order valence-corrected chi connectivity index (χ0v) is 5.49. The highest BCUT2D eigenvalue weighted by Gasteiger charge is 2.40. The van der Waals surface area contributed by atoms with Gasteiger partial charge in [0.15, 0.2) is 0 Å². The molecule has 2 unspecified atom stereocenters. The monoisotopic (exact) mass is 153 g/mol. The minimum absolute atomic E-state index is 1.10. The van der Waals surface area contributed by atoms with Crippen molar-refractivity contribution in [3.8, 4) is 0 Å². The molecule has 0 aromatic carbocycles. The predicted octanol–water partition coefficient (Wildman–Crippen LogP) is 1.40. The highest BCUT2D eigenvalue weighted by atomic mass is 19.4. The maximum Gasteiger partial charge on any atom is 0.379 e. The smallest absolute Gasteiger partial charge is 0.316 e. The van der Waals surface area contributed by atoms with Crippen molar-refractivity contribution in [2.45, 2.75) is 13.1 Å². The Morgan fingerprint density at radius 2 is 1.50 bits per heavy atom. The van der Waals surface area contributed by atoms with Gasteiger partial charge >= 0.3 is 6.68 Å². The first-order valence-corrected chi connectivity index (χ1v) is 3.33. The summed E-state index contributed by atoms with van der Waals surface area (Å²) in [6.07, 6.45) is 1.52. The molecule has 1 aliphatic carbocycles. The summed E-state index contributed by atoms with van der Waals surface area (Å²) in [6.45, 7) is -1.05. The molecular weight excluding hydrogens is 143 g/mol. The van der Waals surface area contributed by atoms with Crippen molar-refractivity contribution in [1.82, 2.24) is 5.32 Å². The fraction of sp³-hybridized carbons (Fsp3) is 1.00. The SMILES string of the molecule is C1NCC2CC12.FC(F)F. The average molecular weight is 153 g/mol. The summed E-state index contributed by atoms with van der Waals surface area (Å²) in [7, 11) is 0. The van der Waals surface area contributed by atoms with Crippen LogP contribution in [0.2, 0.25) is 0 Å². The van der Waals surface area contributed by atoms with Crippen molar-refractivity contribution < 1.29 is 13.2 Å². The minimum Gasteiger partial charge on any atom is -0.316 e. The number of hydrogen-bond acceptors (Lipinski definition) is 1. The van der Waals surface area contributed by atoms with Gasteiger partial charge in [-0.15, -0.1) is 0 Å². The van der Waals surface area contributed by atoms with Crippen molar-refractivity contribution in [1.29, 1.82) is 0 Å². The van der Waals surface area contributed by atoms with Crippen LogP contribution in [0.5, 0.6) is 0 Å². The molecule has 2 fully saturated rings. The molecule has 0 radical (unpaired) electrons. The molecule has 1 saturated heterocycles. The van der Waals surface area contributed by atoms with Gasteiger partial charge in [-0.2, -0.15) is 13.2 Å². The minimum atomic E-state index is -3.67. The number of nitrogens with one attached hydrogen (secondary N) is 1. The first kappa shape index (κ1) is 7.85. The Balaban J connectivity index is 0.000000112. The Morgan fingerprint density at radius 3 is 1.60 bits per heavy atom. The lowest BCUT2D eigenvalue weighted by Crippen LogP contribution is -2.10. The first-order chi connectivity index (χ1) is 4.70. The normalized spacial score (nSPS) is 34.8. The lowest BCUT2D eigenvalue weighted by atomic mass is 10.4. The first-order valence-electron chi connectivity index (χ1n) is 3.33. The molecule has 0 spiro atoms. The molecule has 1 N–H and O–H groups in total. The standard InChI is InChI=1S/C5H9N.CHF3/c1-4-2-6-3-5(1)4;2-1(3)4/h4-6H,1-3H2;1H. The van der Waals surface area contributed by atoms with Crippen LogP contribution in [0.15, 0.2) is 0 Å². The number of fused-ring (bicyclic) bond motifs is 1. The van der Waals surface area contributed by atoms with Crippen LogP contribution in [0.25, 0.3) is 0 Å². The summed E-state index contributed by atoms with van der Waals surface area (Å²) in [5.41, 5.74) is 0. The van der Waals surface area contributed by atoms with E-state index in [2.05, 4.69) is 5.32 Å². The van der Waals surface area contributed by atoms with Gasteiger partial charge in [-0.05, 0) is 31.3 Å². The molecule has 1 heterocycles. The molecule has 60 valence electrons. The quantitative estimate of drug-likeness (QED) is 0.554. The van der Waals surface area contributed by atoms with Crippen molar-refractivity contribution in [2.24, 2.45) is 11.8 Å². The Morgan fingerprint density at radius 1 is 1.10 bits per heavy atom. The van der Waals surface area contributed by atoms with Crippen LogP contribution in [0.4, 0.5) is 13.2 Å². The highest BCUT2D eigenvalue weighted by molar-refractivity contribution is 4.94. The van der Waals surface area contributed by atoms with Gasteiger partial charge in [-0.1, -0.05) is 0 Å². The molecule has 1 nitrogen and oxygen atoms in total. The second kappa shape index (κ2) is 3.23. The summed E-state index contributed by atoms with van der Waals surface area (Å²) in [5.74, 6) is 2.20. The molecule has 10 heavy (non-hydrogen) atoms. The predicted molar refractivity (Wildman–Crippen MR) is 31.6 cm³/mol. The zero-order chi connectivity index (χ0) is 7.56. The van der Waals surface area contributed by atoms with Crippen LogP contribution in [0, 0.1) is 11.8 Å². The third kappa shape index (κ3) is 2.56. The van der Waals surface area contributed by atoms with E-state index in [4.69, 9.17) is 0 Å². The Kier molecular flexibility index (Phi) is 2.54. The van der Waals surface area contributed by atoms with Crippen molar-refractivity contribution in [2.75, 3.05) is 13.1 Å². The van der Waals surface area contributed by atoms with Gasteiger partial charge in [0.05, 0.1) is 0 Å². The van der Waals surface area contributed by atoms with E-state index in [1.165, 1.54) is 19.5 Å². The average Bonchev–Trinajstić information content (AvgIpc) is 2.40. The van der Waals surface area contributed by atoms with Crippen molar-refractivity contribution >= 4 is 0 Å². The van der Waals surface area contributed by atoms with Crippen molar-refractivity contribution in [3.63, 3.8) is 0 Å². The summed E-state index contributed by atoms with van der Waals surface area (Å²) in [4.78, 5) is 0. The number of alkyl halides is 3. The maximum absolute atomic E-state index is 9.67. The van der Waals surface area contributed by atoms with Gasteiger partial charge in [-0.3, -0.25) is 0 Å². The van der Waals surface area contributed by atoms with E-state index >= 15 is 0 Å². The van der Waals surface area contributed by atoms with Gasteiger partial charge in [-0.25, -0.2) is 0 Å². The molecule has 2 atom stereocenters. The lowest BCUT2D eigenvalue weighted by molar-refractivity contribution is 0.00819.